The minimum atomic E-state index is -4.35. The first kappa shape index (κ1) is 14.2. The van der Waals surface area contributed by atoms with Crippen molar-refractivity contribution in [2.24, 2.45) is 0 Å². The number of halogens is 4. The molecule has 0 spiro atoms. The topological polar surface area (TPSA) is 24.9 Å². The molecule has 3 aromatic rings. The molecule has 0 fully saturated rings. The predicted molar refractivity (Wildman–Crippen MR) is 79.4 cm³/mol. The van der Waals surface area contributed by atoms with Crippen LogP contribution in [0.15, 0.2) is 42.5 Å². The molecule has 0 aliphatic rings. The van der Waals surface area contributed by atoms with Crippen LogP contribution in [0.3, 0.4) is 0 Å². The lowest BCUT2D eigenvalue weighted by molar-refractivity contribution is -0.137. The van der Waals surface area contributed by atoms with Gasteiger partial charge in [0.25, 0.3) is 0 Å². The van der Waals surface area contributed by atoms with Crippen molar-refractivity contribution >= 4 is 44.0 Å². The third-order valence-electron chi connectivity index (χ3n) is 2.81. The van der Waals surface area contributed by atoms with Gasteiger partial charge < -0.3 is 5.32 Å². The average molecular weight is 329 g/mol. The summed E-state index contributed by atoms with van der Waals surface area (Å²) < 4.78 is 38.5. The van der Waals surface area contributed by atoms with Crippen molar-refractivity contribution < 1.29 is 13.2 Å². The van der Waals surface area contributed by atoms with Gasteiger partial charge in [-0.2, -0.15) is 13.2 Å². The second-order valence-corrected chi connectivity index (χ2v) is 5.80. The summed E-state index contributed by atoms with van der Waals surface area (Å²) in [5.74, 6) is 0. The molecule has 1 aromatic heterocycles. The Morgan fingerprint density at radius 1 is 1.05 bits per heavy atom. The highest BCUT2D eigenvalue weighted by atomic mass is 35.5. The van der Waals surface area contributed by atoms with Crippen LogP contribution in [0.1, 0.15) is 5.56 Å². The summed E-state index contributed by atoms with van der Waals surface area (Å²) in [7, 11) is 0. The standard InChI is InChI=1S/C14H8ClF3N2S/c15-9-2-4-10(5-3-9)19-13-20-11-6-1-8(14(16,17)18)7-12(11)21-13/h1-7H,(H,19,20). The van der Waals surface area contributed by atoms with Gasteiger partial charge in [-0.1, -0.05) is 22.9 Å². The number of nitrogens with zero attached hydrogens (tertiary/aromatic N) is 1. The molecule has 0 bridgehead atoms. The molecule has 0 unspecified atom stereocenters. The van der Waals surface area contributed by atoms with Gasteiger partial charge in [0.15, 0.2) is 5.13 Å². The minimum Gasteiger partial charge on any atom is -0.332 e. The fourth-order valence-corrected chi connectivity index (χ4v) is 2.86. The van der Waals surface area contributed by atoms with E-state index in [2.05, 4.69) is 10.3 Å². The third-order valence-corrected chi connectivity index (χ3v) is 4.00. The summed E-state index contributed by atoms with van der Waals surface area (Å²) in [5.41, 5.74) is 0.635. The van der Waals surface area contributed by atoms with E-state index in [0.717, 1.165) is 17.8 Å². The molecule has 108 valence electrons. The summed E-state index contributed by atoms with van der Waals surface area (Å²) in [6.45, 7) is 0. The van der Waals surface area contributed by atoms with E-state index in [1.54, 1.807) is 24.3 Å². The van der Waals surface area contributed by atoms with Gasteiger partial charge in [0.1, 0.15) is 0 Å². The highest BCUT2D eigenvalue weighted by Crippen LogP contribution is 2.35. The molecule has 0 aliphatic carbocycles. The van der Waals surface area contributed by atoms with Gasteiger partial charge in [0, 0.05) is 10.7 Å². The van der Waals surface area contributed by atoms with Gasteiger partial charge in [0.05, 0.1) is 15.8 Å². The number of nitrogens with one attached hydrogen (secondary N) is 1. The molecule has 2 aromatic carbocycles. The zero-order chi connectivity index (χ0) is 15.0. The van der Waals surface area contributed by atoms with Crippen molar-refractivity contribution in [2.45, 2.75) is 6.18 Å². The number of benzene rings is 2. The number of rotatable bonds is 2. The summed E-state index contributed by atoms with van der Waals surface area (Å²) in [5, 5.41) is 4.19. The molecule has 0 saturated carbocycles. The molecule has 21 heavy (non-hydrogen) atoms. The largest absolute Gasteiger partial charge is 0.416 e. The second-order valence-electron chi connectivity index (χ2n) is 4.33. The Balaban J connectivity index is 1.92. The minimum absolute atomic E-state index is 0.487. The van der Waals surface area contributed by atoms with E-state index < -0.39 is 11.7 Å². The number of hydrogen-bond donors (Lipinski definition) is 1. The summed E-state index contributed by atoms with van der Waals surface area (Å²) in [6, 6.07) is 10.5. The molecule has 0 amide bonds. The van der Waals surface area contributed by atoms with E-state index in [9.17, 15) is 13.2 Å². The first-order chi connectivity index (χ1) is 9.91. The number of hydrogen-bond acceptors (Lipinski definition) is 3. The SMILES string of the molecule is FC(F)(F)c1ccc2nc(Nc3ccc(Cl)cc3)sc2c1. The first-order valence-corrected chi connectivity index (χ1v) is 7.12. The molecule has 3 rings (SSSR count). The molecule has 7 heteroatoms. The Kier molecular flexibility index (Phi) is 3.51. The number of anilines is 2. The van der Waals surface area contributed by atoms with Crippen molar-refractivity contribution in [3.63, 3.8) is 0 Å². The maximum absolute atomic E-state index is 12.7. The molecular weight excluding hydrogens is 321 g/mol. The lowest BCUT2D eigenvalue weighted by atomic mass is 10.2. The number of fused-ring (bicyclic) bond motifs is 1. The Bertz CT molecular complexity index is 781. The molecule has 0 saturated heterocycles. The van der Waals surface area contributed by atoms with E-state index in [4.69, 9.17) is 11.6 Å². The van der Waals surface area contributed by atoms with Gasteiger partial charge >= 0.3 is 6.18 Å². The van der Waals surface area contributed by atoms with E-state index in [1.807, 2.05) is 0 Å². The van der Waals surface area contributed by atoms with Gasteiger partial charge in [-0.15, -0.1) is 0 Å². The van der Waals surface area contributed by atoms with Crippen LogP contribution in [-0.4, -0.2) is 4.98 Å². The van der Waals surface area contributed by atoms with Crippen LogP contribution in [0.2, 0.25) is 5.02 Å². The van der Waals surface area contributed by atoms with Crippen molar-refractivity contribution in [1.29, 1.82) is 0 Å². The summed E-state index contributed by atoms with van der Waals surface area (Å²) in [6.07, 6.45) is -4.35. The smallest absolute Gasteiger partial charge is 0.332 e. The van der Waals surface area contributed by atoms with E-state index in [-0.39, 0.29) is 0 Å². The van der Waals surface area contributed by atoms with Crippen LogP contribution < -0.4 is 5.32 Å². The molecule has 2 nitrogen and oxygen atoms in total. The van der Waals surface area contributed by atoms with Crippen LogP contribution in [0.4, 0.5) is 24.0 Å². The van der Waals surface area contributed by atoms with Crippen LogP contribution in [-0.2, 0) is 6.18 Å². The summed E-state index contributed by atoms with van der Waals surface area (Å²) in [4.78, 5) is 4.26. The summed E-state index contributed by atoms with van der Waals surface area (Å²) >= 11 is 6.96. The molecule has 1 N–H and O–H groups in total. The predicted octanol–water partition coefficient (Wildman–Crippen LogP) is 5.71. The van der Waals surface area contributed by atoms with Crippen molar-refractivity contribution in [2.75, 3.05) is 5.32 Å². The Morgan fingerprint density at radius 2 is 1.76 bits per heavy atom. The maximum Gasteiger partial charge on any atom is 0.416 e. The average Bonchev–Trinajstić information content (AvgIpc) is 2.81. The number of alkyl halides is 3. The van der Waals surface area contributed by atoms with E-state index >= 15 is 0 Å². The van der Waals surface area contributed by atoms with Crippen molar-refractivity contribution in [3.8, 4) is 0 Å². The normalized spacial score (nSPS) is 11.8. The maximum atomic E-state index is 12.7. The van der Waals surface area contributed by atoms with Gasteiger partial charge in [-0.25, -0.2) is 4.98 Å². The fourth-order valence-electron chi connectivity index (χ4n) is 1.81. The monoisotopic (exact) mass is 328 g/mol. The van der Waals surface area contributed by atoms with Crippen LogP contribution in [0.5, 0.6) is 0 Å². The van der Waals surface area contributed by atoms with Crippen LogP contribution in [0, 0.1) is 0 Å². The fraction of sp³-hybridized carbons (Fsp3) is 0.0714. The van der Waals surface area contributed by atoms with Crippen molar-refractivity contribution in [1.82, 2.24) is 4.98 Å². The molecule has 0 radical (unpaired) electrons. The van der Waals surface area contributed by atoms with Crippen LogP contribution >= 0.6 is 22.9 Å². The van der Waals surface area contributed by atoms with Crippen LogP contribution in [0.25, 0.3) is 10.2 Å². The zero-order valence-electron chi connectivity index (χ0n) is 10.4. The highest BCUT2D eigenvalue weighted by molar-refractivity contribution is 7.22. The van der Waals surface area contributed by atoms with Crippen molar-refractivity contribution in [3.05, 3.63) is 53.1 Å². The molecule has 0 atom stereocenters. The number of aromatic nitrogens is 1. The van der Waals surface area contributed by atoms with Gasteiger partial charge in [-0.3, -0.25) is 0 Å². The van der Waals surface area contributed by atoms with Gasteiger partial charge in [0.2, 0.25) is 0 Å². The number of thiazole rings is 1. The van der Waals surface area contributed by atoms with E-state index in [1.165, 1.54) is 17.4 Å². The zero-order valence-corrected chi connectivity index (χ0v) is 12.0. The molecule has 0 aliphatic heterocycles. The van der Waals surface area contributed by atoms with E-state index in [0.29, 0.717) is 20.4 Å². The Morgan fingerprint density at radius 3 is 2.43 bits per heavy atom. The quantitative estimate of drug-likeness (QED) is 0.651. The third kappa shape index (κ3) is 3.11. The lowest BCUT2D eigenvalue weighted by Crippen LogP contribution is -2.03. The molecular formula is C14H8ClF3N2S. The molecule has 1 heterocycles. The highest BCUT2D eigenvalue weighted by Gasteiger charge is 2.30. The Labute approximate surface area is 127 Å². The lowest BCUT2D eigenvalue weighted by Gasteiger charge is -2.04. The Hall–Kier alpha value is -1.79. The second kappa shape index (κ2) is 5.20. The first-order valence-electron chi connectivity index (χ1n) is 5.92. The van der Waals surface area contributed by atoms with Gasteiger partial charge in [-0.05, 0) is 42.5 Å².